The van der Waals surface area contributed by atoms with Crippen LogP contribution in [0.15, 0.2) is 0 Å². The van der Waals surface area contributed by atoms with Gasteiger partial charge in [-0.25, -0.2) is 0 Å². The van der Waals surface area contributed by atoms with Gasteiger partial charge in [0, 0.05) is 19.2 Å². The predicted octanol–water partition coefficient (Wildman–Crippen LogP) is 3.07. The lowest BCUT2D eigenvalue weighted by Crippen LogP contribution is -2.58. The van der Waals surface area contributed by atoms with Crippen LogP contribution in [-0.4, -0.2) is 25.8 Å². The van der Waals surface area contributed by atoms with E-state index in [9.17, 15) is 0 Å². The molecule has 1 N–H and O–H groups in total. The summed E-state index contributed by atoms with van der Waals surface area (Å²) in [7, 11) is 1.83. The summed E-state index contributed by atoms with van der Waals surface area (Å²) in [6.07, 6.45) is 7.56. The number of methoxy groups -OCH3 is 1. The van der Waals surface area contributed by atoms with Gasteiger partial charge in [-0.05, 0) is 61.7 Å². The Morgan fingerprint density at radius 3 is 2.00 bits per heavy atom. The first-order valence-electron chi connectivity index (χ1n) is 7.92. The van der Waals surface area contributed by atoms with Crippen LogP contribution in [0.3, 0.4) is 0 Å². The monoisotopic (exact) mass is 251 g/mol. The van der Waals surface area contributed by atoms with Crippen LogP contribution in [0.25, 0.3) is 0 Å². The van der Waals surface area contributed by atoms with E-state index in [4.69, 9.17) is 4.74 Å². The first-order valence-corrected chi connectivity index (χ1v) is 7.92. The summed E-state index contributed by atoms with van der Waals surface area (Å²) >= 11 is 0. The van der Waals surface area contributed by atoms with Gasteiger partial charge < -0.3 is 10.1 Å². The Hall–Kier alpha value is -0.0800. The van der Waals surface area contributed by atoms with Gasteiger partial charge in [-0.2, -0.15) is 0 Å². The summed E-state index contributed by atoms with van der Waals surface area (Å²) < 4.78 is 5.40. The molecule has 0 saturated heterocycles. The molecule has 4 bridgehead atoms. The normalized spacial score (nSPS) is 43.7. The first-order chi connectivity index (χ1) is 8.67. The molecule has 1 unspecified atom stereocenters. The quantitative estimate of drug-likeness (QED) is 0.811. The van der Waals surface area contributed by atoms with Crippen LogP contribution < -0.4 is 5.32 Å². The SMILES string of the molecule is COCC(NC1C2CC3CC(C2)CC1C3)C(C)C. The van der Waals surface area contributed by atoms with Gasteiger partial charge in [0.15, 0.2) is 0 Å². The van der Waals surface area contributed by atoms with Crippen LogP contribution in [0, 0.1) is 29.6 Å². The lowest BCUT2D eigenvalue weighted by atomic mass is 9.54. The van der Waals surface area contributed by atoms with Gasteiger partial charge in [0.2, 0.25) is 0 Å². The molecular formula is C16H29NO. The third-order valence-corrected chi connectivity index (χ3v) is 5.78. The van der Waals surface area contributed by atoms with Crippen molar-refractivity contribution >= 4 is 0 Å². The minimum absolute atomic E-state index is 0.539. The van der Waals surface area contributed by atoms with E-state index < -0.39 is 0 Å². The molecule has 0 aliphatic heterocycles. The maximum atomic E-state index is 5.40. The van der Waals surface area contributed by atoms with Gasteiger partial charge in [0.05, 0.1) is 6.61 Å². The summed E-state index contributed by atoms with van der Waals surface area (Å²) in [5, 5.41) is 3.97. The molecule has 0 radical (unpaired) electrons. The highest BCUT2D eigenvalue weighted by atomic mass is 16.5. The molecule has 4 aliphatic rings. The maximum Gasteiger partial charge on any atom is 0.0618 e. The third kappa shape index (κ3) is 2.34. The van der Waals surface area contributed by atoms with Crippen molar-refractivity contribution in [1.29, 1.82) is 0 Å². The summed E-state index contributed by atoms with van der Waals surface area (Å²) in [5.74, 6) is 4.76. The van der Waals surface area contributed by atoms with E-state index in [0.717, 1.165) is 36.3 Å². The van der Waals surface area contributed by atoms with E-state index in [2.05, 4.69) is 19.2 Å². The molecule has 0 aromatic rings. The molecule has 4 rings (SSSR count). The third-order valence-electron chi connectivity index (χ3n) is 5.78. The van der Waals surface area contributed by atoms with E-state index in [0.29, 0.717) is 12.0 Å². The lowest BCUT2D eigenvalue weighted by Gasteiger charge is -2.55. The molecule has 2 heteroatoms. The molecule has 1 atom stereocenters. The zero-order valence-corrected chi connectivity index (χ0v) is 12.2. The first kappa shape index (κ1) is 12.9. The maximum absolute atomic E-state index is 5.40. The highest BCUT2D eigenvalue weighted by molar-refractivity contribution is 5.02. The topological polar surface area (TPSA) is 21.3 Å². The molecule has 4 aliphatic carbocycles. The number of hydrogen-bond donors (Lipinski definition) is 1. The van der Waals surface area contributed by atoms with Crippen LogP contribution >= 0.6 is 0 Å². The molecule has 4 saturated carbocycles. The average molecular weight is 251 g/mol. The zero-order valence-electron chi connectivity index (χ0n) is 12.2. The van der Waals surface area contributed by atoms with Crippen molar-refractivity contribution in [3.63, 3.8) is 0 Å². The molecule has 4 fully saturated rings. The minimum Gasteiger partial charge on any atom is -0.383 e. The van der Waals surface area contributed by atoms with E-state index in [1.807, 2.05) is 7.11 Å². The van der Waals surface area contributed by atoms with Crippen molar-refractivity contribution in [1.82, 2.24) is 5.32 Å². The van der Waals surface area contributed by atoms with Crippen LogP contribution in [0.1, 0.15) is 46.0 Å². The van der Waals surface area contributed by atoms with Crippen LogP contribution in [0.4, 0.5) is 0 Å². The number of nitrogens with one attached hydrogen (secondary N) is 1. The van der Waals surface area contributed by atoms with Gasteiger partial charge in [-0.1, -0.05) is 13.8 Å². The minimum atomic E-state index is 0.539. The molecule has 104 valence electrons. The molecule has 0 amide bonds. The number of rotatable bonds is 5. The Labute approximate surface area is 112 Å². The fourth-order valence-corrected chi connectivity index (χ4v) is 5.06. The van der Waals surface area contributed by atoms with Gasteiger partial charge in [0.25, 0.3) is 0 Å². The fraction of sp³-hybridized carbons (Fsp3) is 1.00. The van der Waals surface area contributed by atoms with Crippen molar-refractivity contribution in [2.45, 2.75) is 58.0 Å². The molecule has 0 aromatic carbocycles. The highest BCUT2D eigenvalue weighted by Gasteiger charge is 2.48. The van der Waals surface area contributed by atoms with Gasteiger partial charge in [0.1, 0.15) is 0 Å². The molecule has 18 heavy (non-hydrogen) atoms. The van der Waals surface area contributed by atoms with Crippen molar-refractivity contribution in [2.75, 3.05) is 13.7 Å². The van der Waals surface area contributed by atoms with Crippen molar-refractivity contribution < 1.29 is 4.74 Å². The second-order valence-electron chi connectivity index (χ2n) is 7.43. The number of hydrogen-bond acceptors (Lipinski definition) is 2. The van der Waals surface area contributed by atoms with Gasteiger partial charge >= 0.3 is 0 Å². The van der Waals surface area contributed by atoms with Gasteiger partial charge in [-0.3, -0.25) is 0 Å². The van der Waals surface area contributed by atoms with Crippen LogP contribution in [0.5, 0.6) is 0 Å². The average Bonchev–Trinajstić information content (AvgIpc) is 2.31. The van der Waals surface area contributed by atoms with E-state index >= 15 is 0 Å². The van der Waals surface area contributed by atoms with Crippen molar-refractivity contribution in [3.05, 3.63) is 0 Å². The van der Waals surface area contributed by atoms with E-state index in [1.165, 1.54) is 25.7 Å². The van der Waals surface area contributed by atoms with Crippen LogP contribution in [-0.2, 0) is 4.74 Å². The van der Waals surface area contributed by atoms with Gasteiger partial charge in [-0.15, -0.1) is 0 Å². The summed E-state index contributed by atoms with van der Waals surface area (Å²) in [4.78, 5) is 0. The Bertz CT molecular complexity index is 261. The number of ether oxygens (including phenoxy) is 1. The highest BCUT2D eigenvalue weighted by Crippen LogP contribution is 2.53. The largest absolute Gasteiger partial charge is 0.383 e. The zero-order chi connectivity index (χ0) is 12.7. The standard InChI is InChI=1S/C16H29NO/c1-10(2)15(9-18-3)17-16-13-5-11-4-12(7-13)8-14(16)6-11/h10-17H,4-9H2,1-3H3. The Morgan fingerprint density at radius 2 is 1.56 bits per heavy atom. The smallest absolute Gasteiger partial charge is 0.0618 e. The molecular weight excluding hydrogens is 222 g/mol. The summed E-state index contributed by atoms with van der Waals surface area (Å²) in [5.41, 5.74) is 0. The van der Waals surface area contributed by atoms with Crippen molar-refractivity contribution in [2.24, 2.45) is 29.6 Å². The Balaban J connectivity index is 1.65. The van der Waals surface area contributed by atoms with E-state index in [1.54, 1.807) is 6.42 Å². The Kier molecular flexibility index (Phi) is 3.68. The van der Waals surface area contributed by atoms with Crippen molar-refractivity contribution in [3.8, 4) is 0 Å². The summed E-state index contributed by atoms with van der Waals surface area (Å²) in [6, 6.07) is 1.33. The molecule has 0 spiro atoms. The predicted molar refractivity (Wildman–Crippen MR) is 74.5 cm³/mol. The molecule has 2 nitrogen and oxygen atoms in total. The fourth-order valence-electron chi connectivity index (χ4n) is 5.06. The second kappa shape index (κ2) is 5.13. The lowest BCUT2D eigenvalue weighted by molar-refractivity contribution is -0.0240. The van der Waals surface area contributed by atoms with E-state index in [-0.39, 0.29) is 0 Å². The molecule has 0 aromatic heterocycles. The summed E-state index contributed by atoms with van der Waals surface area (Å²) in [6.45, 7) is 5.49. The second-order valence-corrected chi connectivity index (χ2v) is 7.43. The molecule has 0 heterocycles. The Morgan fingerprint density at radius 1 is 1.00 bits per heavy atom. The van der Waals surface area contributed by atoms with Crippen LogP contribution in [0.2, 0.25) is 0 Å².